The number of hydrogen-bond donors (Lipinski definition) is 2. The Kier molecular flexibility index (Phi) is 2.69. The molecule has 0 heterocycles. The van der Waals surface area contributed by atoms with Crippen LogP contribution in [0.25, 0.3) is 0 Å². The molecule has 3 N–H and O–H groups in total. The zero-order chi connectivity index (χ0) is 12.0. The third-order valence-corrected chi connectivity index (χ3v) is 5.62. The van der Waals surface area contributed by atoms with Crippen molar-refractivity contribution in [3.8, 4) is 0 Å². The minimum atomic E-state index is 0.0564. The van der Waals surface area contributed by atoms with Crippen LogP contribution in [0.1, 0.15) is 38.5 Å². The van der Waals surface area contributed by atoms with E-state index in [0.29, 0.717) is 6.54 Å². The van der Waals surface area contributed by atoms with Crippen LogP contribution in [-0.4, -0.2) is 19.5 Å². The second kappa shape index (κ2) is 3.98. The molecule has 0 aromatic heterocycles. The molecular weight excluding hydrogens is 212 g/mol. The number of carbonyl (C=O) groups excluding carboxylic acids is 1. The van der Waals surface area contributed by atoms with Crippen LogP contribution >= 0.6 is 0 Å². The summed E-state index contributed by atoms with van der Waals surface area (Å²) in [5.41, 5.74) is 6.16. The highest BCUT2D eigenvalue weighted by molar-refractivity contribution is 5.79. The Morgan fingerprint density at radius 2 is 1.71 bits per heavy atom. The minimum Gasteiger partial charge on any atom is -0.359 e. The minimum absolute atomic E-state index is 0.0564. The first-order valence-electron chi connectivity index (χ1n) is 7.08. The van der Waals surface area contributed by atoms with E-state index in [4.69, 9.17) is 5.73 Å². The summed E-state index contributed by atoms with van der Waals surface area (Å²) in [6, 6.07) is 0. The van der Waals surface area contributed by atoms with E-state index in [9.17, 15) is 4.79 Å². The standard InChI is InChI=1S/C14H24N2O/c1-16-13(17)12(8-15)14-5-9-2-10(6-14)4-11(3-9)7-14/h9-12H,2-8,15H2,1H3,(H,16,17). The third kappa shape index (κ3) is 1.70. The number of nitrogens with one attached hydrogen (secondary N) is 1. The van der Waals surface area contributed by atoms with Gasteiger partial charge < -0.3 is 11.1 Å². The van der Waals surface area contributed by atoms with Gasteiger partial charge in [-0.05, 0) is 61.7 Å². The molecule has 96 valence electrons. The van der Waals surface area contributed by atoms with Gasteiger partial charge in [-0.1, -0.05) is 0 Å². The fourth-order valence-corrected chi connectivity index (χ4v) is 5.41. The highest BCUT2D eigenvalue weighted by Crippen LogP contribution is 2.62. The number of nitrogens with two attached hydrogens (primary N) is 1. The molecule has 0 aliphatic heterocycles. The molecule has 4 aliphatic rings. The summed E-state index contributed by atoms with van der Waals surface area (Å²) < 4.78 is 0. The number of rotatable bonds is 3. The van der Waals surface area contributed by atoms with E-state index in [1.165, 1.54) is 38.5 Å². The number of hydrogen-bond acceptors (Lipinski definition) is 2. The Balaban J connectivity index is 1.87. The zero-order valence-corrected chi connectivity index (χ0v) is 10.7. The van der Waals surface area contributed by atoms with Gasteiger partial charge in [0.25, 0.3) is 0 Å². The van der Waals surface area contributed by atoms with Gasteiger partial charge >= 0.3 is 0 Å². The lowest BCUT2D eigenvalue weighted by molar-refractivity contribution is -0.139. The van der Waals surface area contributed by atoms with Gasteiger partial charge in [0, 0.05) is 13.6 Å². The first-order chi connectivity index (χ1) is 8.16. The third-order valence-electron chi connectivity index (χ3n) is 5.62. The van der Waals surface area contributed by atoms with E-state index in [-0.39, 0.29) is 17.2 Å². The Morgan fingerprint density at radius 3 is 2.06 bits per heavy atom. The van der Waals surface area contributed by atoms with Crippen LogP contribution in [0.5, 0.6) is 0 Å². The van der Waals surface area contributed by atoms with E-state index in [2.05, 4.69) is 5.32 Å². The summed E-state index contributed by atoms with van der Waals surface area (Å²) in [6.45, 7) is 0.520. The topological polar surface area (TPSA) is 55.1 Å². The predicted molar refractivity (Wildman–Crippen MR) is 67.2 cm³/mol. The maximum atomic E-state index is 12.1. The van der Waals surface area contributed by atoms with Crippen molar-refractivity contribution in [1.29, 1.82) is 0 Å². The SMILES string of the molecule is CNC(=O)C(CN)C12CC3CC(CC(C3)C1)C2. The monoisotopic (exact) mass is 236 g/mol. The Hall–Kier alpha value is -0.570. The van der Waals surface area contributed by atoms with Crippen molar-refractivity contribution in [3.05, 3.63) is 0 Å². The zero-order valence-electron chi connectivity index (χ0n) is 10.7. The predicted octanol–water partition coefficient (Wildman–Crippen LogP) is 1.52. The van der Waals surface area contributed by atoms with Crippen molar-refractivity contribution >= 4 is 5.91 Å². The van der Waals surface area contributed by atoms with E-state index < -0.39 is 0 Å². The van der Waals surface area contributed by atoms with Gasteiger partial charge in [-0.3, -0.25) is 4.79 Å². The van der Waals surface area contributed by atoms with Crippen molar-refractivity contribution in [2.45, 2.75) is 38.5 Å². The van der Waals surface area contributed by atoms with Crippen molar-refractivity contribution in [2.75, 3.05) is 13.6 Å². The highest BCUT2D eigenvalue weighted by atomic mass is 16.1. The summed E-state index contributed by atoms with van der Waals surface area (Å²) in [5, 5.41) is 2.82. The molecule has 3 heteroatoms. The van der Waals surface area contributed by atoms with Crippen LogP contribution in [-0.2, 0) is 4.79 Å². The quantitative estimate of drug-likeness (QED) is 0.780. The maximum Gasteiger partial charge on any atom is 0.224 e. The smallest absolute Gasteiger partial charge is 0.224 e. The molecule has 0 aromatic carbocycles. The van der Waals surface area contributed by atoms with Crippen LogP contribution in [0, 0.1) is 29.1 Å². The van der Waals surface area contributed by atoms with Crippen LogP contribution in [0.15, 0.2) is 0 Å². The van der Waals surface area contributed by atoms with Crippen LogP contribution in [0.4, 0.5) is 0 Å². The van der Waals surface area contributed by atoms with E-state index in [0.717, 1.165) is 17.8 Å². The van der Waals surface area contributed by atoms with Crippen molar-refractivity contribution in [1.82, 2.24) is 5.32 Å². The maximum absolute atomic E-state index is 12.1. The second-order valence-electron chi connectivity index (χ2n) is 6.68. The van der Waals surface area contributed by atoms with Crippen LogP contribution < -0.4 is 11.1 Å². The largest absolute Gasteiger partial charge is 0.359 e. The molecule has 1 atom stereocenters. The summed E-state index contributed by atoms with van der Waals surface area (Å²) >= 11 is 0. The molecule has 0 radical (unpaired) electrons. The lowest BCUT2D eigenvalue weighted by Gasteiger charge is -2.59. The lowest BCUT2D eigenvalue weighted by atomic mass is 9.46. The van der Waals surface area contributed by atoms with Crippen molar-refractivity contribution in [2.24, 2.45) is 34.8 Å². The molecule has 4 fully saturated rings. The summed E-state index contributed by atoms with van der Waals surface area (Å²) in [5.74, 6) is 2.90. The molecule has 1 amide bonds. The van der Waals surface area contributed by atoms with Gasteiger partial charge in [0.15, 0.2) is 0 Å². The number of amides is 1. The van der Waals surface area contributed by atoms with E-state index in [1.54, 1.807) is 7.05 Å². The first-order valence-corrected chi connectivity index (χ1v) is 7.08. The normalized spacial score (nSPS) is 44.7. The molecule has 17 heavy (non-hydrogen) atoms. The fourth-order valence-electron chi connectivity index (χ4n) is 5.41. The molecule has 0 spiro atoms. The number of carbonyl (C=O) groups is 1. The molecule has 4 aliphatic carbocycles. The molecule has 0 aromatic rings. The van der Waals surface area contributed by atoms with Gasteiger partial charge in [-0.15, -0.1) is 0 Å². The average molecular weight is 236 g/mol. The van der Waals surface area contributed by atoms with Gasteiger partial charge in [-0.25, -0.2) is 0 Å². The molecule has 4 saturated carbocycles. The van der Waals surface area contributed by atoms with Gasteiger partial charge in [-0.2, -0.15) is 0 Å². The van der Waals surface area contributed by atoms with Crippen LogP contribution in [0.2, 0.25) is 0 Å². The van der Waals surface area contributed by atoms with Crippen molar-refractivity contribution < 1.29 is 4.79 Å². The Morgan fingerprint density at radius 1 is 1.24 bits per heavy atom. The van der Waals surface area contributed by atoms with Crippen molar-refractivity contribution in [3.63, 3.8) is 0 Å². The van der Waals surface area contributed by atoms with E-state index >= 15 is 0 Å². The summed E-state index contributed by atoms with van der Waals surface area (Å²) in [6.07, 6.45) is 8.04. The first kappa shape index (κ1) is 11.5. The average Bonchev–Trinajstić information content (AvgIpc) is 2.27. The molecule has 4 bridgehead atoms. The molecule has 1 unspecified atom stereocenters. The Bertz CT molecular complexity index is 291. The molecule has 4 rings (SSSR count). The molecule has 3 nitrogen and oxygen atoms in total. The van der Waals surface area contributed by atoms with E-state index in [1.807, 2.05) is 0 Å². The second-order valence-corrected chi connectivity index (χ2v) is 6.68. The highest BCUT2D eigenvalue weighted by Gasteiger charge is 2.55. The van der Waals surface area contributed by atoms with Crippen LogP contribution in [0.3, 0.4) is 0 Å². The lowest BCUT2D eigenvalue weighted by Crippen LogP contribution is -2.54. The van der Waals surface area contributed by atoms with Gasteiger partial charge in [0.1, 0.15) is 0 Å². The van der Waals surface area contributed by atoms with Gasteiger partial charge in [0.05, 0.1) is 5.92 Å². The fraction of sp³-hybridized carbons (Fsp3) is 0.929. The molecule has 0 saturated heterocycles. The summed E-state index contributed by atoms with van der Waals surface area (Å²) in [4.78, 5) is 12.1. The van der Waals surface area contributed by atoms with Gasteiger partial charge in [0.2, 0.25) is 5.91 Å². The Labute approximate surface area is 104 Å². The molecular formula is C14H24N2O. The summed E-state index contributed by atoms with van der Waals surface area (Å²) in [7, 11) is 1.74.